The van der Waals surface area contributed by atoms with E-state index in [-0.39, 0.29) is 5.54 Å². The molecule has 0 aliphatic rings. The summed E-state index contributed by atoms with van der Waals surface area (Å²) in [6.45, 7) is 11.8. The Bertz CT molecular complexity index is 546. The quantitative estimate of drug-likeness (QED) is 0.910. The number of aryl methyl sites for hydroxylation is 1. The van der Waals surface area contributed by atoms with Gasteiger partial charge in [-0.3, -0.25) is 4.68 Å². The standard InChI is InChI=1S/C17H25N3/c1-6-20-12-16(11-18-20)15-9-7-14(8-10-15)13(2)19-17(3,4)5/h7-13,19H,6H2,1-5H3/t13-/m0/s1. The summed E-state index contributed by atoms with van der Waals surface area (Å²) >= 11 is 0. The van der Waals surface area contributed by atoms with Crippen molar-refractivity contribution < 1.29 is 0 Å². The Labute approximate surface area is 122 Å². The summed E-state index contributed by atoms with van der Waals surface area (Å²) in [7, 11) is 0. The first kappa shape index (κ1) is 14.8. The van der Waals surface area contributed by atoms with Gasteiger partial charge in [-0.1, -0.05) is 24.3 Å². The Morgan fingerprint density at radius 2 is 1.80 bits per heavy atom. The second-order valence-corrected chi connectivity index (χ2v) is 6.32. The number of nitrogens with one attached hydrogen (secondary N) is 1. The van der Waals surface area contributed by atoms with Crippen molar-refractivity contribution in [2.24, 2.45) is 0 Å². The molecule has 2 aromatic rings. The van der Waals surface area contributed by atoms with Crippen molar-refractivity contribution in [1.29, 1.82) is 0 Å². The number of hydrogen-bond donors (Lipinski definition) is 1. The van der Waals surface area contributed by atoms with Crippen molar-refractivity contribution >= 4 is 0 Å². The molecule has 2 rings (SSSR count). The van der Waals surface area contributed by atoms with Gasteiger partial charge in [0.25, 0.3) is 0 Å². The van der Waals surface area contributed by atoms with Gasteiger partial charge >= 0.3 is 0 Å². The molecule has 20 heavy (non-hydrogen) atoms. The minimum Gasteiger partial charge on any atom is -0.306 e. The molecule has 0 amide bonds. The van der Waals surface area contributed by atoms with Gasteiger partial charge < -0.3 is 5.32 Å². The van der Waals surface area contributed by atoms with Gasteiger partial charge in [0, 0.05) is 29.9 Å². The third kappa shape index (κ3) is 3.70. The molecule has 3 heteroatoms. The Morgan fingerprint density at radius 1 is 1.15 bits per heavy atom. The van der Waals surface area contributed by atoms with Gasteiger partial charge in [-0.15, -0.1) is 0 Å². The van der Waals surface area contributed by atoms with E-state index >= 15 is 0 Å². The van der Waals surface area contributed by atoms with Gasteiger partial charge in [0.15, 0.2) is 0 Å². The molecule has 0 spiro atoms. The van der Waals surface area contributed by atoms with Crippen LogP contribution >= 0.6 is 0 Å². The Morgan fingerprint density at radius 3 is 2.30 bits per heavy atom. The molecule has 1 aromatic carbocycles. The predicted octanol–water partition coefficient (Wildman–Crippen LogP) is 4.02. The monoisotopic (exact) mass is 271 g/mol. The van der Waals surface area contributed by atoms with Gasteiger partial charge in [-0.2, -0.15) is 5.10 Å². The second kappa shape index (κ2) is 5.80. The normalized spacial score (nSPS) is 13.4. The number of rotatable bonds is 4. The summed E-state index contributed by atoms with van der Waals surface area (Å²) in [6, 6.07) is 9.09. The van der Waals surface area contributed by atoms with Crippen LogP contribution in [0.3, 0.4) is 0 Å². The average molecular weight is 271 g/mol. The molecule has 0 saturated heterocycles. The van der Waals surface area contributed by atoms with E-state index in [1.54, 1.807) is 0 Å². The molecule has 0 aliphatic carbocycles. The first-order valence-electron chi connectivity index (χ1n) is 7.29. The summed E-state index contributed by atoms with van der Waals surface area (Å²) in [5, 5.41) is 7.91. The second-order valence-electron chi connectivity index (χ2n) is 6.32. The molecule has 0 radical (unpaired) electrons. The van der Waals surface area contributed by atoms with E-state index in [1.165, 1.54) is 16.7 Å². The SMILES string of the molecule is CCn1cc(-c2ccc([C@H](C)NC(C)(C)C)cc2)cn1. The fourth-order valence-electron chi connectivity index (χ4n) is 2.38. The molecule has 1 N–H and O–H groups in total. The van der Waals surface area contributed by atoms with E-state index in [2.05, 4.69) is 75.5 Å². The molecule has 108 valence electrons. The van der Waals surface area contributed by atoms with Crippen molar-refractivity contribution in [1.82, 2.24) is 15.1 Å². The maximum absolute atomic E-state index is 4.32. The minimum atomic E-state index is 0.125. The molecule has 1 heterocycles. The Balaban J connectivity index is 2.13. The number of nitrogens with zero attached hydrogens (tertiary/aromatic N) is 2. The summed E-state index contributed by atoms with van der Waals surface area (Å²) in [5.74, 6) is 0. The van der Waals surface area contributed by atoms with Crippen LogP contribution in [0.2, 0.25) is 0 Å². The zero-order valence-corrected chi connectivity index (χ0v) is 13.1. The zero-order valence-electron chi connectivity index (χ0n) is 13.1. The van der Waals surface area contributed by atoms with Crippen LogP contribution in [0.5, 0.6) is 0 Å². The summed E-state index contributed by atoms with van der Waals surface area (Å²) in [5.41, 5.74) is 3.83. The highest BCUT2D eigenvalue weighted by atomic mass is 15.3. The van der Waals surface area contributed by atoms with E-state index < -0.39 is 0 Å². The van der Waals surface area contributed by atoms with Crippen LogP contribution in [0.4, 0.5) is 0 Å². The van der Waals surface area contributed by atoms with Crippen LogP contribution in [-0.4, -0.2) is 15.3 Å². The molecule has 0 unspecified atom stereocenters. The van der Waals surface area contributed by atoms with Crippen LogP contribution in [0.15, 0.2) is 36.7 Å². The lowest BCUT2D eigenvalue weighted by molar-refractivity contribution is 0.378. The van der Waals surface area contributed by atoms with Gasteiger partial charge in [-0.05, 0) is 45.7 Å². The first-order chi connectivity index (χ1) is 9.39. The summed E-state index contributed by atoms with van der Waals surface area (Å²) in [6.07, 6.45) is 4.02. The van der Waals surface area contributed by atoms with Gasteiger partial charge in [0.2, 0.25) is 0 Å². The molecule has 0 fully saturated rings. The molecule has 0 bridgehead atoms. The Kier molecular flexibility index (Phi) is 4.29. The lowest BCUT2D eigenvalue weighted by Crippen LogP contribution is -2.37. The first-order valence-corrected chi connectivity index (χ1v) is 7.29. The van der Waals surface area contributed by atoms with Crippen molar-refractivity contribution in [2.45, 2.75) is 52.7 Å². The van der Waals surface area contributed by atoms with Crippen molar-refractivity contribution in [3.05, 3.63) is 42.2 Å². The fraction of sp³-hybridized carbons (Fsp3) is 0.471. The third-order valence-electron chi connectivity index (χ3n) is 3.35. The van der Waals surface area contributed by atoms with Crippen LogP contribution in [0, 0.1) is 0 Å². The van der Waals surface area contributed by atoms with Crippen LogP contribution in [-0.2, 0) is 6.54 Å². The maximum Gasteiger partial charge on any atom is 0.0568 e. The molecule has 0 saturated carbocycles. The minimum absolute atomic E-state index is 0.125. The smallest absolute Gasteiger partial charge is 0.0568 e. The Hall–Kier alpha value is -1.61. The molecular formula is C17H25N3. The van der Waals surface area contributed by atoms with E-state index in [0.717, 1.165) is 6.54 Å². The molecular weight excluding hydrogens is 246 g/mol. The average Bonchev–Trinajstić information content (AvgIpc) is 2.85. The largest absolute Gasteiger partial charge is 0.306 e. The molecule has 1 atom stereocenters. The fourth-order valence-corrected chi connectivity index (χ4v) is 2.38. The molecule has 0 aliphatic heterocycles. The lowest BCUT2D eigenvalue weighted by Gasteiger charge is -2.26. The van der Waals surface area contributed by atoms with Crippen molar-refractivity contribution in [3.8, 4) is 11.1 Å². The maximum atomic E-state index is 4.32. The van der Waals surface area contributed by atoms with E-state index in [0.29, 0.717) is 6.04 Å². The van der Waals surface area contributed by atoms with E-state index in [9.17, 15) is 0 Å². The molecule has 3 nitrogen and oxygen atoms in total. The van der Waals surface area contributed by atoms with Gasteiger partial charge in [-0.25, -0.2) is 0 Å². The summed E-state index contributed by atoms with van der Waals surface area (Å²) in [4.78, 5) is 0. The summed E-state index contributed by atoms with van der Waals surface area (Å²) < 4.78 is 1.95. The molecule has 1 aromatic heterocycles. The van der Waals surface area contributed by atoms with Crippen LogP contribution in [0.25, 0.3) is 11.1 Å². The topological polar surface area (TPSA) is 29.9 Å². The van der Waals surface area contributed by atoms with Crippen LogP contribution < -0.4 is 5.32 Å². The van der Waals surface area contributed by atoms with Crippen molar-refractivity contribution in [3.63, 3.8) is 0 Å². The lowest BCUT2D eigenvalue weighted by atomic mass is 10.0. The van der Waals surface area contributed by atoms with Gasteiger partial charge in [0.1, 0.15) is 0 Å². The number of hydrogen-bond acceptors (Lipinski definition) is 2. The highest BCUT2D eigenvalue weighted by Crippen LogP contribution is 2.22. The van der Waals surface area contributed by atoms with Gasteiger partial charge in [0.05, 0.1) is 6.20 Å². The predicted molar refractivity (Wildman–Crippen MR) is 84.6 cm³/mol. The van der Waals surface area contributed by atoms with E-state index in [4.69, 9.17) is 0 Å². The van der Waals surface area contributed by atoms with Crippen molar-refractivity contribution in [2.75, 3.05) is 0 Å². The number of aromatic nitrogens is 2. The highest BCUT2D eigenvalue weighted by molar-refractivity contribution is 5.62. The third-order valence-corrected chi connectivity index (χ3v) is 3.35. The van der Waals surface area contributed by atoms with E-state index in [1.807, 2.05) is 10.9 Å². The van der Waals surface area contributed by atoms with Crippen LogP contribution in [0.1, 0.15) is 46.2 Å². The zero-order chi connectivity index (χ0) is 14.8. The number of benzene rings is 1. The highest BCUT2D eigenvalue weighted by Gasteiger charge is 2.14.